The maximum absolute atomic E-state index is 11.9. The zero-order chi connectivity index (χ0) is 16.8. The second-order valence-corrected chi connectivity index (χ2v) is 5.36. The van der Waals surface area contributed by atoms with E-state index in [4.69, 9.17) is 9.84 Å². The van der Waals surface area contributed by atoms with Gasteiger partial charge < -0.3 is 20.5 Å². The first kappa shape index (κ1) is 16.8. The van der Waals surface area contributed by atoms with Crippen molar-refractivity contribution in [2.75, 3.05) is 13.2 Å². The summed E-state index contributed by atoms with van der Waals surface area (Å²) < 4.78 is 5.28. The topological polar surface area (TPSA) is 105 Å². The summed E-state index contributed by atoms with van der Waals surface area (Å²) in [6.45, 7) is 2.14. The van der Waals surface area contributed by atoms with E-state index in [0.717, 1.165) is 12.8 Å². The average molecular weight is 320 g/mol. The van der Waals surface area contributed by atoms with Crippen LogP contribution in [0.1, 0.15) is 30.1 Å². The third kappa shape index (κ3) is 4.98. The third-order valence-corrected chi connectivity index (χ3v) is 3.51. The van der Waals surface area contributed by atoms with E-state index in [-0.39, 0.29) is 12.5 Å². The molecule has 124 valence electrons. The van der Waals surface area contributed by atoms with Crippen molar-refractivity contribution in [3.63, 3.8) is 0 Å². The van der Waals surface area contributed by atoms with Gasteiger partial charge in [-0.05, 0) is 49.9 Å². The molecule has 0 saturated heterocycles. The summed E-state index contributed by atoms with van der Waals surface area (Å²) in [5.41, 5.74) is 0.401. The Morgan fingerprint density at radius 3 is 2.43 bits per heavy atom. The molecular weight excluding hydrogens is 300 g/mol. The van der Waals surface area contributed by atoms with Gasteiger partial charge >= 0.3 is 5.97 Å². The monoisotopic (exact) mass is 320 g/mol. The third-order valence-electron chi connectivity index (χ3n) is 3.51. The lowest BCUT2D eigenvalue weighted by molar-refractivity contribution is -0.142. The van der Waals surface area contributed by atoms with Gasteiger partial charge in [-0.2, -0.15) is 0 Å². The summed E-state index contributed by atoms with van der Waals surface area (Å²) in [7, 11) is 0. The van der Waals surface area contributed by atoms with Crippen molar-refractivity contribution in [3.8, 4) is 5.75 Å². The number of carboxylic acids is 1. The van der Waals surface area contributed by atoms with Gasteiger partial charge in [0.1, 0.15) is 11.8 Å². The number of hydrogen-bond donors (Lipinski definition) is 3. The number of benzene rings is 1. The second-order valence-electron chi connectivity index (χ2n) is 5.36. The maximum atomic E-state index is 11.9. The largest absolute Gasteiger partial charge is 0.494 e. The molecule has 0 radical (unpaired) electrons. The molecule has 1 fully saturated rings. The Morgan fingerprint density at radius 1 is 1.26 bits per heavy atom. The van der Waals surface area contributed by atoms with Crippen molar-refractivity contribution >= 4 is 17.8 Å². The molecule has 3 N–H and O–H groups in total. The van der Waals surface area contributed by atoms with Crippen LogP contribution in [-0.4, -0.2) is 42.1 Å². The molecule has 0 heterocycles. The number of hydrogen-bond acceptors (Lipinski definition) is 4. The number of carbonyl (C=O) groups excluding carboxylic acids is 2. The summed E-state index contributed by atoms with van der Waals surface area (Å²) in [6, 6.07) is 5.67. The Kier molecular flexibility index (Phi) is 5.56. The standard InChI is InChI=1S/C16H20N2O5/c1-2-23-12-7-5-11(6-8-12)15(20)17-9-13(19)18-14(16(21)22)10-3-4-10/h5-8,10,14H,2-4,9H2,1H3,(H,17,20)(H,18,19)(H,21,22). The summed E-state index contributed by atoms with van der Waals surface area (Å²) >= 11 is 0. The Labute approximate surface area is 134 Å². The SMILES string of the molecule is CCOc1ccc(C(=O)NCC(=O)NC(C(=O)O)C2CC2)cc1. The second kappa shape index (κ2) is 7.62. The lowest BCUT2D eigenvalue weighted by Gasteiger charge is -2.13. The Balaban J connectivity index is 1.81. The highest BCUT2D eigenvalue weighted by Gasteiger charge is 2.37. The van der Waals surface area contributed by atoms with Crippen LogP contribution in [0.3, 0.4) is 0 Å². The highest BCUT2D eigenvalue weighted by Crippen LogP contribution is 2.32. The van der Waals surface area contributed by atoms with Crippen LogP contribution in [0.4, 0.5) is 0 Å². The number of rotatable bonds is 8. The molecule has 2 rings (SSSR count). The molecule has 1 aromatic carbocycles. The molecule has 7 heteroatoms. The zero-order valence-corrected chi connectivity index (χ0v) is 12.9. The fourth-order valence-corrected chi connectivity index (χ4v) is 2.17. The smallest absolute Gasteiger partial charge is 0.326 e. The van der Waals surface area contributed by atoms with E-state index < -0.39 is 23.8 Å². The van der Waals surface area contributed by atoms with E-state index in [1.807, 2.05) is 6.92 Å². The lowest BCUT2D eigenvalue weighted by Crippen LogP contribution is -2.46. The van der Waals surface area contributed by atoms with Crippen molar-refractivity contribution in [1.29, 1.82) is 0 Å². The van der Waals surface area contributed by atoms with Crippen LogP contribution in [0.5, 0.6) is 5.75 Å². The predicted molar refractivity (Wildman–Crippen MR) is 82.2 cm³/mol. The van der Waals surface area contributed by atoms with Crippen LogP contribution in [0, 0.1) is 5.92 Å². The first-order chi connectivity index (χ1) is 11.0. The van der Waals surface area contributed by atoms with Crippen molar-refractivity contribution in [3.05, 3.63) is 29.8 Å². The molecular formula is C16H20N2O5. The van der Waals surface area contributed by atoms with E-state index >= 15 is 0 Å². The van der Waals surface area contributed by atoms with Gasteiger partial charge in [-0.3, -0.25) is 9.59 Å². The van der Waals surface area contributed by atoms with Crippen LogP contribution in [0.2, 0.25) is 0 Å². The molecule has 1 aliphatic carbocycles. The molecule has 1 saturated carbocycles. The van der Waals surface area contributed by atoms with Gasteiger partial charge in [-0.25, -0.2) is 4.79 Å². The first-order valence-electron chi connectivity index (χ1n) is 7.54. The van der Waals surface area contributed by atoms with Gasteiger partial charge in [-0.15, -0.1) is 0 Å². The summed E-state index contributed by atoms with van der Waals surface area (Å²) in [6.07, 6.45) is 1.60. The summed E-state index contributed by atoms with van der Waals surface area (Å²) in [5.74, 6) is -1.29. The van der Waals surface area contributed by atoms with E-state index in [2.05, 4.69) is 10.6 Å². The molecule has 0 bridgehead atoms. The fourth-order valence-electron chi connectivity index (χ4n) is 2.17. The van der Waals surface area contributed by atoms with Gasteiger partial charge in [0.25, 0.3) is 5.91 Å². The van der Waals surface area contributed by atoms with Crippen LogP contribution in [-0.2, 0) is 9.59 Å². The average Bonchev–Trinajstić information content (AvgIpc) is 3.35. The summed E-state index contributed by atoms with van der Waals surface area (Å²) in [5, 5.41) is 14.0. The van der Waals surface area contributed by atoms with Crippen LogP contribution >= 0.6 is 0 Å². The molecule has 2 amide bonds. The van der Waals surface area contributed by atoms with Crippen molar-refractivity contribution in [2.24, 2.45) is 5.92 Å². The molecule has 1 atom stereocenters. The Hall–Kier alpha value is -2.57. The van der Waals surface area contributed by atoms with Gasteiger partial charge in [-0.1, -0.05) is 0 Å². The van der Waals surface area contributed by atoms with E-state index in [1.54, 1.807) is 24.3 Å². The lowest BCUT2D eigenvalue weighted by atomic mass is 10.2. The number of nitrogens with one attached hydrogen (secondary N) is 2. The number of aliphatic carboxylic acids is 1. The Morgan fingerprint density at radius 2 is 1.91 bits per heavy atom. The number of carboxylic acid groups (broad SMARTS) is 1. The highest BCUT2D eigenvalue weighted by atomic mass is 16.5. The predicted octanol–water partition coefficient (Wildman–Crippen LogP) is 0.794. The van der Waals surface area contributed by atoms with Gasteiger partial charge in [0.15, 0.2) is 0 Å². The molecule has 1 aromatic rings. The normalized spacial score (nSPS) is 14.7. The minimum atomic E-state index is -1.04. The minimum absolute atomic E-state index is 0.00161. The van der Waals surface area contributed by atoms with Gasteiger partial charge in [0, 0.05) is 5.56 Å². The molecule has 0 spiro atoms. The Bertz CT molecular complexity index is 581. The van der Waals surface area contributed by atoms with Crippen molar-refractivity contribution < 1.29 is 24.2 Å². The maximum Gasteiger partial charge on any atom is 0.326 e. The number of amides is 2. The quantitative estimate of drug-likeness (QED) is 0.657. The number of carbonyl (C=O) groups is 3. The molecule has 0 aliphatic heterocycles. The molecule has 7 nitrogen and oxygen atoms in total. The zero-order valence-electron chi connectivity index (χ0n) is 12.9. The van der Waals surface area contributed by atoms with Crippen molar-refractivity contribution in [1.82, 2.24) is 10.6 Å². The van der Waals surface area contributed by atoms with Crippen LogP contribution < -0.4 is 15.4 Å². The van der Waals surface area contributed by atoms with Gasteiger partial charge in [0.2, 0.25) is 5.91 Å². The number of ether oxygens (including phenoxy) is 1. The van der Waals surface area contributed by atoms with E-state index in [0.29, 0.717) is 17.9 Å². The minimum Gasteiger partial charge on any atom is -0.494 e. The van der Waals surface area contributed by atoms with Crippen molar-refractivity contribution in [2.45, 2.75) is 25.8 Å². The summed E-state index contributed by atoms with van der Waals surface area (Å²) in [4.78, 5) is 34.7. The molecule has 1 unspecified atom stereocenters. The highest BCUT2D eigenvalue weighted by molar-refractivity contribution is 5.97. The first-order valence-corrected chi connectivity index (χ1v) is 7.54. The van der Waals surface area contributed by atoms with Gasteiger partial charge in [0.05, 0.1) is 13.2 Å². The van der Waals surface area contributed by atoms with E-state index in [9.17, 15) is 14.4 Å². The fraction of sp³-hybridized carbons (Fsp3) is 0.438. The van der Waals surface area contributed by atoms with E-state index in [1.165, 1.54) is 0 Å². The molecule has 1 aliphatic rings. The van der Waals surface area contributed by atoms with Crippen LogP contribution in [0.15, 0.2) is 24.3 Å². The molecule has 0 aromatic heterocycles. The van der Waals surface area contributed by atoms with Crippen LogP contribution in [0.25, 0.3) is 0 Å². The molecule has 23 heavy (non-hydrogen) atoms.